The van der Waals surface area contributed by atoms with E-state index < -0.39 is 0 Å². The second-order valence-corrected chi connectivity index (χ2v) is 5.79. The van der Waals surface area contributed by atoms with E-state index in [1.165, 1.54) is 6.92 Å². The lowest BCUT2D eigenvalue weighted by Gasteiger charge is -2.21. The zero-order valence-electron chi connectivity index (χ0n) is 14.5. The largest absolute Gasteiger partial charge is 0.326 e. The van der Waals surface area contributed by atoms with Crippen LogP contribution in [0.2, 0.25) is 0 Å². The average Bonchev–Trinajstić information content (AvgIpc) is 2.49. The average molecular weight is 319 g/mol. The van der Waals surface area contributed by atoms with Gasteiger partial charge in [-0.1, -0.05) is 32.8 Å². The summed E-state index contributed by atoms with van der Waals surface area (Å²) >= 11 is 0. The molecule has 0 saturated carbocycles. The lowest BCUT2D eigenvalue weighted by molar-refractivity contribution is -0.117. The molecule has 1 rings (SSSR count). The normalized spacial score (nSPS) is 10.6. The first-order chi connectivity index (χ1) is 11.0. The van der Waals surface area contributed by atoms with Crippen molar-refractivity contribution >= 4 is 23.2 Å². The third-order valence-corrected chi connectivity index (χ3v) is 3.49. The zero-order chi connectivity index (χ0) is 17.1. The van der Waals surface area contributed by atoms with Crippen LogP contribution in [0.25, 0.3) is 0 Å². The molecule has 0 aliphatic rings. The van der Waals surface area contributed by atoms with Gasteiger partial charge in [-0.25, -0.2) is 0 Å². The second kappa shape index (κ2) is 10.8. The van der Waals surface area contributed by atoms with E-state index in [-0.39, 0.29) is 11.8 Å². The van der Waals surface area contributed by atoms with Crippen LogP contribution in [0.3, 0.4) is 0 Å². The molecule has 0 aliphatic heterocycles. The maximum atomic E-state index is 12.2. The molecule has 0 spiro atoms. The molecule has 0 saturated heterocycles. The molecule has 0 radical (unpaired) electrons. The molecule has 0 aliphatic carbocycles. The molecule has 5 heteroatoms. The van der Waals surface area contributed by atoms with Crippen molar-refractivity contribution in [1.82, 2.24) is 4.90 Å². The molecule has 0 bridgehead atoms. The first-order valence-electron chi connectivity index (χ1n) is 8.45. The Morgan fingerprint density at radius 1 is 1.00 bits per heavy atom. The predicted octanol–water partition coefficient (Wildman–Crippen LogP) is 3.49. The van der Waals surface area contributed by atoms with Gasteiger partial charge in [0.25, 0.3) is 0 Å². The highest BCUT2D eigenvalue weighted by atomic mass is 16.2. The minimum absolute atomic E-state index is 0.0165. The molecule has 1 aromatic rings. The first kappa shape index (κ1) is 19.2. The molecule has 128 valence electrons. The number of anilines is 2. The first-order valence-corrected chi connectivity index (χ1v) is 8.45. The number of hydrogen-bond acceptors (Lipinski definition) is 3. The van der Waals surface area contributed by atoms with Crippen LogP contribution in [0, 0.1) is 0 Å². The van der Waals surface area contributed by atoms with Crippen molar-refractivity contribution in [1.29, 1.82) is 0 Å². The summed E-state index contributed by atoms with van der Waals surface area (Å²) < 4.78 is 0. The molecule has 1 aromatic carbocycles. The number of amides is 2. The Balaban J connectivity index is 2.57. The number of nitrogens with one attached hydrogen (secondary N) is 2. The molecule has 2 amide bonds. The second-order valence-electron chi connectivity index (χ2n) is 5.79. The van der Waals surface area contributed by atoms with Crippen LogP contribution in [0.5, 0.6) is 0 Å². The highest BCUT2D eigenvalue weighted by Crippen LogP contribution is 2.15. The Bertz CT molecular complexity index is 495. The lowest BCUT2D eigenvalue weighted by atomic mass is 10.2. The standard InChI is InChI=1S/C18H29N3O2/c1-4-6-11-21(12-7-5-2)14-18(23)20-17-10-8-9-16(13-17)19-15(3)22/h8-10,13H,4-7,11-12,14H2,1-3H3,(H,19,22)(H,20,23). The smallest absolute Gasteiger partial charge is 0.238 e. The van der Waals surface area contributed by atoms with Crippen LogP contribution in [-0.2, 0) is 9.59 Å². The van der Waals surface area contributed by atoms with Crippen LogP contribution in [0.4, 0.5) is 11.4 Å². The highest BCUT2D eigenvalue weighted by molar-refractivity contribution is 5.94. The third kappa shape index (κ3) is 8.35. The number of rotatable bonds is 10. The summed E-state index contributed by atoms with van der Waals surface area (Å²) in [6.45, 7) is 8.10. The number of nitrogens with zero attached hydrogens (tertiary/aromatic N) is 1. The van der Waals surface area contributed by atoms with Gasteiger partial charge in [-0.05, 0) is 44.1 Å². The Morgan fingerprint density at radius 3 is 2.09 bits per heavy atom. The van der Waals surface area contributed by atoms with E-state index in [9.17, 15) is 9.59 Å². The number of carbonyl (C=O) groups excluding carboxylic acids is 2. The Hall–Kier alpha value is -1.88. The van der Waals surface area contributed by atoms with Crippen LogP contribution >= 0.6 is 0 Å². The van der Waals surface area contributed by atoms with Gasteiger partial charge in [-0.15, -0.1) is 0 Å². The van der Waals surface area contributed by atoms with Gasteiger partial charge in [0.05, 0.1) is 6.54 Å². The van der Waals surface area contributed by atoms with Crippen molar-refractivity contribution in [2.24, 2.45) is 0 Å². The van der Waals surface area contributed by atoms with Crippen molar-refractivity contribution in [3.8, 4) is 0 Å². The van der Waals surface area contributed by atoms with E-state index in [2.05, 4.69) is 29.4 Å². The third-order valence-electron chi connectivity index (χ3n) is 3.49. The minimum atomic E-state index is -0.126. The molecule has 0 atom stereocenters. The van der Waals surface area contributed by atoms with Gasteiger partial charge in [-0.3, -0.25) is 14.5 Å². The summed E-state index contributed by atoms with van der Waals surface area (Å²) in [6.07, 6.45) is 4.47. The van der Waals surface area contributed by atoms with Crippen molar-refractivity contribution in [3.63, 3.8) is 0 Å². The molecule has 23 heavy (non-hydrogen) atoms. The van der Waals surface area contributed by atoms with Gasteiger partial charge in [0.15, 0.2) is 0 Å². The molecule has 0 fully saturated rings. The number of hydrogen-bond donors (Lipinski definition) is 2. The van der Waals surface area contributed by atoms with Gasteiger partial charge in [-0.2, -0.15) is 0 Å². The van der Waals surface area contributed by atoms with Gasteiger partial charge < -0.3 is 10.6 Å². The lowest BCUT2D eigenvalue weighted by Crippen LogP contribution is -2.34. The van der Waals surface area contributed by atoms with Crippen LogP contribution in [-0.4, -0.2) is 36.3 Å². The van der Waals surface area contributed by atoms with Crippen molar-refractivity contribution in [2.75, 3.05) is 30.3 Å². The van der Waals surface area contributed by atoms with Gasteiger partial charge >= 0.3 is 0 Å². The summed E-state index contributed by atoms with van der Waals surface area (Å²) in [5.41, 5.74) is 1.39. The number of unbranched alkanes of at least 4 members (excludes halogenated alkanes) is 2. The van der Waals surface area contributed by atoms with E-state index in [1.807, 2.05) is 12.1 Å². The fourth-order valence-corrected chi connectivity index (χ4v) is 2.31. The van der Waals surface area contributed by atoms with E-state index in [1.54, 1.807) is 12.1 Å². The number of benzene rings is 1. The Kier molecular flexibility index (Phi) is 8.98. The summed E-state index contributed by atoms with van der Waals surface area (Å²) in [4.78, 5) is 25.5. The maximum Gasteiger partial charge on any atom is 0.238 e. The van der Waals surface area contributed by atoms with Gasteiger partial charge in [0.2, 0.25) is 11.8 Å². The molecule has 0 aromatic heterocycles. The van der Waals surface area contributed by atoms with E-state index in [0.29, 0.717) is 17.9 Å². The topological polar surface area (TPSA) is 61.4 Å². The molecule has 5 nitrogen and oxygen atoms in total. The van der Waals surface area contributed by atoms with Crippen LogP contribution < -0.4 is 10.6 Å². The molecular formula is C18H29N3O2. The van der Waals surface area contributed by atoms with E-state index in [4.69, 9.17) is 0 Å². The molecule has 0 unspecified atom stereocenters. The number of carbonyl (C=O) groups is 2. The van der Waals surface area contributed by atoms with E-state index >= 15 is 0 Å². The molecule has 2 N–H and O–H groups in total. The Morgan fingerprint density at radius 2 is 1.57 bits per heavy atom. The monoisotopic (exact) mass is 319 g/mol. The summed E-state index contributed by atoms with van der Waals surface area (Å²) in [7, 11) is 0. The Labute approximate surface area is 139 Å². The van der Waals surface area contributed by atoms with E-state index in [0.717, 1.165) is 38.8 Å². The highest BCUT2D eigenvalue weighted by Gasteiger charge is 2.10. The van der Waals surface area contributed by atoms with Gasteiger partial charge in [0.1, 0.15) is 0 Å². The van der Waals surface area contributed by atoms with Gasteiger partial charge in [0, 0.05) is 18.3 Å². The fraction of sp³-hybridized carbons (Fsp3) is 0.556. The quantitative estimate of drug-likeness (QED) is 0.694. The van der Waals surface area contributed by atoms with Crippen molar-refractivity contribution in [3.05, 3.63) is 24.3 Å². The summed E-state index contributed by atoms with van der Waals surface area (Å²) in [5.74, 6) is -0.143. The molecule has 0 heterocycles. The minimum Gasteiger partial charge on any atom is -0.326 e. The van der Waals surface area contributed by atoms with Crippen molar-refractivity contribution < 1.29 is 9.59 Å². The molecular weight excluding hydrogens is 290 g/mol. The summed E-state index contributed by atoms with van der Waals surface area (Å²) in [6, 6.07) is 7.20. The SMILES string of the molecule is CCCCN(CCCC)CC(=O)Nc1cccc(NC(C)=O)c1. The zero-order valence-corrected chi connectivity index (χ0v) is 14.5. The summed E-state index contributed by atoms with van der Waals surface area (Å²) in [5, 5.41) is 5.62. The van der Waals surface area contributed by atoms with Crippen LogP contribution in [0.15, 0.2) is 24.3 Å². The predicted molar refractivity (Wildman–Crippen MR) is 95.6 cm³/mol. The van der Waals surface area contributed by atoms with Crippen molar-refractivity contribution in [2.45, 2.75) is 46.5 Å². The van der Waals surface area contributed by atoms with Crippen LogP contribution in [0.1, 0.15) is 46.5 Å². The fourth-order valence-electron chi connectivity index (χ4n) is 2.31. The maximum absolute atomic E-state index is 12.2.